The number of carbonyl (C=O) groups is 1. The van der Waals surface area contributed by atoms with Crippen molar-refractivity contribution in [3.63, 3.8) is 0 Å². The molecule has 5 heteroatoms. The molecule has 0 spiro atoms. The fraction of sp³-hybridized carbons (Fsp3) is 0.623. The zero-order chi connectivity index (χ0) is 41.9. The van der Waals surface area contributed by atoms with Gasteiger partial charge in [-0.05, 0) is 82.7 Å². The number of fused-ring (bicyclic) bond motifs is 2. The van der Waals surface area contributed by atoms with Crippen molar-refractivity contribution in [1.29, 1.82) is 0 Å². The fourth-order valence-electron chi connectivity index (χ4n) is 9.69. The van der Waals surface area contributed by atoms with Crippen molar-refractivity contribution in [3.05, 3.63) is 88.3 Å². The molecular weight excluding hydrogens is 713 g/mol. The van der Waals surface area contributed by atoms with Crippen molar-refractivity contribution < 1.29 is 19.2 Å². The van der Waals surface area contributed by atoms with Crippen LogP contribution in [0.1, 0.15) is 189 Å². The van der Waals surface area contributed by atoms with Gasteiger partial charge in [0.2, 0.25) is 11.5 Å². The first kappa shape index (κ1) is 45.5. The summed E-state index contributed by atoms with van der Waals surface area (Å²) in [4.78, 5) is 16.8. The molecule has 5 nitrogen and oxygen atoms in total. The van der Waals surface area contributed by atoms with Crippen LogP contribution in [0.2, 0.25) is 0 Å². The van der Waals surface area contributed by atoms with Gasteiger partial charge in [-0.25, -0.2) is 0 Å². The number of Topliss-reactive ketones (excluding diaryl/α,β-unsaturated/α-hetero) is 1. The van der Waals surface area contributed by atoms with Gasteiger partial charge in [0.15, 0.2) is 5.71 Å². The summed E-state index contributed by atoms with van der Waals surface area (Å²) in [5.41, 5.74) is 7.28. The summed E-state index contributed by atoms with van der Waals surface area (Å²) in [6.07, 6.45) is 26.9. The molecule has 1 atom stereocenters. The molecule has 0 amide bonds. The first-order chi connectivity index (χ1) is 27.9. The first-order valence-electron chi connectivity index (χ1n) is 23.6. The minimum absolute atomic E-state index is 0.0671. The highest BCUT2D eigenvalue weighted by Gasteiger charge is 2.47. The fourth-order valence-corrected chi connectivity index (χ4v) is 9.69. The van der Waals surface area contributed by atoms with E-state index in [-0.39, 0.29) is 28.5 Å². The average molecular weight is 792 g/mol. The molecule has 1 unspecified atom stereocenters. The van der Waals surface area contributed by atoms with E-state index in [9.17, 15) is 9.90 Å². The van der Waals surface area contributed by atoms with Crippen LogP contribution < -0.4 is 9.64 Å². The number of nitrogens with zero attached hydrogens (tertiary/aromatic N) is 2. The number of benzene rings is 2. The SMILES string of the molecule is CCCCCCCCC(CCCCCC)CN1/C(=C\C2=C(O)C(=C\C3=[N+](CCCCCCCC)c4ccc(OC(C)C)cc4C3(C)C)/C2=O)C(C)(C)c2ccccc21. The van der Waals surface area contributed by atoms with E-state index in [2.05, 4.69) is 114 Å². The van der Waals surface area contributed by atoms with Gasteiger partial charge in [-0.15, -0.1) is 0 Å². The summed E-state index contributed by atoms with van der Waals surface area (Å²) in [7, 11) is 0. The summed E-state index contributed by atoms with van der Waals surface area (Å²) < 4.78 is 8.55. The predicted octanol–water partition coefficient (Wildman–Crippen LogP) is 14.6. The van der Waals surface area contributed by atoms with Gasteiger partial charge in [-0.2, -0.15) is 4.58 Å². The third kappa shape index (κ3) is 10.6. The number of carbonyl (C=O) groups excluding carboxylic acids is 1. The standard InChI is InChI=1S/C53H78N2O3/c1-10-13-16-19-21-24-29-40(28-23-18-15-12-3)38-55-46-31-26-25-30-44(46)52(6,7)49(55)37-43-50(56)42(51(43)57)36-48-53(8,9)45-35-41(58-39(4)5)32-33-47(45)54(48)34-27-22-20-17-14-11-2/h25-26,30-33,35-37,39-40H,10-24,27-29,34,38H2,1-9H3/p+1. The second-order valence-electron chi connectivity index (χ2n) is 19.0. The van der Waals surface area contributed by atoms with E-state index in [1.807, 2.05) is 12.2 Å². The van der Waals surface area contributed by atoms with Gasteiger partial charge in [0.05, 0.1) is 22.7 Å². The summed E-state index contributed by atoms with van der Waals surface area (Å²) in [5, 5.41) is 11.9. The lowest BCUT2D eigenvalue weighted by molar-refractivity contribution is -0.438. The summed E-state index contributed by atoms with van der Waals surface area (Å²) in [6, 6.07) is 15.2. The number of anilines is 1. The Morgan fingerprint density at radius 1 is 0.724 bits per heavy atom. The van der Waals surface area contributed by atoms with Crippen molar-refractivity contribution in [1.82, 2.24) is 0 Å². The molecule has 0 bridgehead atoms. The Labute approximate surface area is 353 Å². The van der Waals surface area contributed by atoms with E-state index in [0.717, 1.165) is 36.7 Å². The van der Waals surface area contributed by atoms with Crippen LogP contribution in [0.3, 0.4) is 0 Å². The topological polar surface area (TPSA) is 52.8 Å². The summed E-state index contributed by atoms with van der Waals surface area (Å²) >= 11 is 0. The number of ether oxygens (including phenoxy) is 1. The van der Waals surface area contributed by atoms with Crippen molar-refractivity contribution >= 4 is 22.9 Å². The Bertz CT molecular complexity index is 1820. The van der Waals surface area contributed by atoms with Gasteiger partial charge in [0.25, 0.3) is 0 Å². The van der Waals surface area contributed by atoms with Gasteiger partial charge in [-0.1, -0.05) is 143 Å². The maximum atomic E-state index is 14.3. The molecule has 1 aliphatic carbocycles. The minimum Gasteiger partial charge on any atom is -0.506 e. The second-order valence-corrected chi connectivity index (χ2v) is 19.0. The molecule has 1 N–H and O–H groups in total. The lowest BCUT2D eigenvalue weighted by Crippen LogP contribution is -2.33. The van der Waals surface area contributed by atoms with E-state index < -0.39 is 0 Å². The number of para-hydroxylation sites is 1. The molecule has 3 aliphatic rings. The zero-order valence-corrected chi connectivity index (χ0v) is 38.2. The smallest absolute Gasteiger partial charge is 0.210 e. The predicted molar refractivity (Wildman–Crippen MR) is 246 cm³/mol. The number of unbranched alkanes of at least 4 members (excludes halogenated alkanes) is 13. The van der Waals surface area contributed by atoms with Crippen molar-refractivity contribution in [2.45, 2.75) is 195 Å². The molecule has 5 rings (SSSR count). The van der Waals surface area contributed by atoms with Gasteiger partial charge in [0.1, 0.15) is 18.1 Å². The first-order valence-corrected chi connectivity index (χ1v) is 23.6. The molecule has 318 valence electrons. The van der Waals surface area contributed by atoms with Crippen LogP contribution in [0.5, 0.6) is 5.75 Å². The van der Waals surface area contributed by atoms with Crippen LogP contribution in [0.4, 0.5) is 11.4 Å². The molecule has 2 aromatic rings. The third-order valence-corrected chi connectivity index (χ3v) is 13.2. The maximum absolute atomic E-state index is 14.3. The molecule has 0 saturated carbocycles. The molecule has 2 aliphatic heterocycles. The molecule has 2 heterocycles. The quantitative estimate of drug-likeness (QED) is 0.0618. The number of hydrogen-bond acceptors (Lipinski definition) is 4. The largest absolute Gasteiger partial charge is 0.506 e. The van der Waals surface area contributed by atoms with Crippen molar-refractivity contribution in [2.75, 3.05) is 18.0 Å². The molecule has 0 radical (unpaired) electrons. The molecule has 0 aromatic heterocycles. The number of aliphatic hydroxyl groups excluding tert-OH is 1. The maximum Gasteiger partial charge on any atom is 0.210 e. The van der Waals surface area contributed by atoms with Crippen LogP contribution in [0, 0.1) is 5.92 Å². The Hall–Kier alpha value is -3.60. The highest BCUT2D eigenvalue weighted by molar-refractivity contribution is 6.24. The van der Waals surface area contributed by atoms with Gasteiger partial charge in [-0.3, -0.25) is 4.79 Å². The van der Waals surface area contributed by atoms with E-state index in [4.69, 9.17) is 4.74 Å². The Morgan fingerprint density at radius 2 is 1.31 bits per heavy atom. The van der Waals surface area contributed by atoms with Crippen LogP contribution in [0.15, 0.2) is 77.2 Å². The van der Waals surface area contributed by atoms with Crippen LogP contribution in [-0.4, -0.2) is 40.4 Å². The Morgan fingerprint density at radius 3 is 1.93 bits per heavy atom. The van der Waals surface area contributed by atoms with Crippen LogP contribution in [0.25, 0.3) is 0 Å². The second kappa shape index (κ2) is 21.1. The van der Waals surface area contributed by atoms with Gasteiger partial charge >= 0.3 is 0 Å². The summed E-state index contributed by atoms with van der Waals surface area (Å²) in [5.74, 6) is 1.50. The van der Waals surface area contributed by atoms with E-state index >= 15 is 0 Å². The lowest BCUT2D eigenvalue weighted by atomic mass is 9.77. The molecule has 0 saturated heterocycles. The third-order valence-electron chi connectivity index (χ3n) is 13.2. The molecule has 58 heavy (non-hydrogen) atoms. The number of aliphatic hydroxyl groups is 1. The number of ketones is 1. The number of rotatable bonds is 25. The lowest BCUT2D eigenvalue weighted by Gasteiger charge is -2.32. The Balaban J connectivity index is 1.47. The van der Waals surface area contributed by atoms with Crippen molar-refractivity contribution in [2.24, 2.45) is 5.92 Å². The molecular formula is C53H79N2O3+. The van der Waals surface area contributed by atoms with Gasteiger partial charge in [0, 0.05) is 47.5 Å². The highest BCUT2D eigenvalue weighted by atomic mass is 16.5. The number of hydrogen-bond donors (Lipinski definition) is 1. The van der Waals surface area contributed by atoms with Crippen molar-refractivity contribution in [3.8, 4) is 5.75 Å². The van der Waals surface area contributed by atoms with Gasteiger partial charge < -0.3 is 14.7 Å². The highest BCUT2D eigenvalue weighted by Crippen LogP contribution is 2.50. The minimum atomic E-state index is -0.371. The monoisotopic (exact) mass is 792 g/mol. The van der Waals surface area contributed by atoms with E-state index in [1.165, 1.54) is 132 Å². The van der Waals surface area contributed by atoms with Crippen LogP contribution in [-0.2, 0) is 15.6 Å². The molecule has 2 aromatic carbocycles. The zero-order valence-electron chi connectivity index (χ0n) is 38.2. The van der Waals surface area contributed by atoms with E-state index in [0.29, 0.717) is 17.1 Å². The normalized spacial score (nSPS) is 18.8. The van der Waals surface area contributed by atoms with Crippen LogP contribution >= 0.6 is 0 Å². The summed E-state index contributed by atoms with van der Waals surface area (Å²) in [6.45, 7) is 21.8. The average Bonchev–Trinajstić information content (AvgIpc) is 3.54. The Kier molecular flexibility index (Phi) is 16.5. The number of allylic oxidation sites excluding steroid dienone is 5. The van der Waals surface area contributed by atoms with E-state index in [1.54, 1.807) is 0 Å². The molecule has 0 fully saturated rings.